The number of aromatic nitrogens is 3. The van der Waals surface area contributed by atoms with Gasteiger partial charge in [-0.3, -0.25) is 0 Å². The molecule has 0 bridgehead atoms. The average molecular weight is 245 g/mol. The van der Waals surface area contributed by atoms with Crippen LogP contribution in [-0.2, 0) is 17.9 Å². The molecule has 0 aliphatic rings. The molecule has 0 unspecified atom stereocenters. The van der Waals surface area contributed by atoms with Gasteiger partial charge in [0.05, 0.1) is 13.2 Å². The average Bonchev–Trinajstić information content (AvgIpc) is 2.84. The normalized spacial score (nSPS) is 11.1. The predicted molar refractivity (Wildman–Crippen MR) is 70.1 cm³/mol. The van der Waals surface area contributed by atoms with Gasteiger partial charge in [-0.25, -0.2) is 9.67 Å². The maximum Gasteiger partial charge on any atom is 0.137 e. The highest BCUT2D eigenvalue weighted by atomic mass is 16.5. The summed E-state index contributed by atoms with van der Waals surface area (Å²) in [6, 6.07) is 8.42. The molecule has 4 nitrogen and oxygen atoms in total. The van der Waals surface area contributed by atoms with Crippen molar-refractivity contribution in [1.82, 2.24) is 14.8 Å². The molecule has 1 heterocycles. The fourth-order valence-corrected chi connectivity index (χ4v) is 1.65. The molecule has 0 saturated heterocycles. The lowest BCUT2D eigenvalue weighted by atomic mass is 10.1. The summed E-state index contributed by atoms with van der Waals surface area (Å²) in [6.45, 7) is 6.55. The van der Waals surface area contributed by atoms with Gasteiger partial charge >= 0.3 is 0 Å². The lowest BCUT2D eigenvalue weighted by molar-refractivity contribution is 0.0971. The molecule has 0 aliphatic heterocycles. The minimum absolute atomic E-state index is 0.580. The Hall–Kier alpha value is -1.68. The summed E-state index contributed by atoms with van der Waals surface area (Å²) in [4.78, 5) is 3.92. The van der Waals surface area contributed by atoms with Crippen molar-refractivity contribution >= 4 is 0 Å². The Morgan fingerprint density at radius 1 is 1.17 bits per heavy atom. The molecule has 0 spiro atoms. The van der Waals surface area contributed by atoms with Crippen molar-refractivity contribution in [2.45, 2.75) is 27.0 Å². The van der Waals surface area contributed by atoms with E-state index in [2.05, 4.69) is 48.2 Å². The maximum absolute atomic E-state index is 5.60. The van der Waals surface area contributed by atoms with Crippen molar-refractivity contribution in [3.63, 3.8) is 0 Å². The first-order chi connectivity index (χ1) is 8.74. The van der Waals surface area contributed by atoms with Gasteiger partial charge in [-0.05, 0) is 17.0 Å². The van der Waals surface area contributed by atoms with Crippen molar-refractivity contribution in [2.24, 2.45) is 5.92 Å². The molecule has 96 valence electrons. The van der Waals surface area contributed by atoms with Crippen molar-refractivity contribution in [2.75, 3.05) is 6.61 Å². The van der Waals surface area contributed by atoms with Crippen LogP contribution in [0.2, 0.25) is 0 Å². The van der Waals surface area contributed by atoms with Crippen LogP contribution in [-0.4, -0.2) is 21.4 Å². The quantitative estimate of drug-likeness (QED) is 0.785. The maximum atomic E-state index is 5.60. The van der Waals surface area contributed by atoms with Gasteiger partial charge in [-0.1, -0.05) is 38.1 Å². The zero-order valence-electron chi connectivity index (χ0n) is 10.9. The van der Waals surface area contributed by atoms with Crippen LogP contribution < -0.4 is 0 Å². The van der Waals surface area contributed by atoms with E-state index >= 15 is 0 Å². The second kappa shape index (κ2) is 6.31. The van der Waals surface area contributed by atoms with E-state index in [1.165, 1.54) is 11.1 Å². The van der Waals surface area contributed by atoms with Gasteiger partial charge in [-0.15, -0.1) is 0 Å². The lowest BCUT2D eigenvalue weighted by Gasteiger charge is -2.07. The van der Waals surface area contributed by atoms with Crippen molar-refractivity contribution in [3.8, 4) is 0 Å². The first-order valence-electron chi connectivity index (χ1n) is 6.22. The van der Waals surface area contributed by atoms with E-state index in [9.17, 15) is 0 Å². The second-order valence-corrected chi connectivity index (χ2v) is 4.82. The minimum Gasteiger partial charge on any atom is -0.377 e. The Morgan fingerprint density at radius 2 is 1.89 bits per heavy atom. The Labute approximate surface area is 108 Å². The number of hydrogen-bond acceptors (Lipinski definition) is 3. The number of rotatable bonds is 6. The molecule has 0 N–H and O–H groups in total. The lowest BCUT2D eigenvalue weighted by Crippen LogP contribution is -2.02. The van der Waals surface area contributed by atoms with Gasteiger partial charge in [0, 0.05) is 6.61 Å². The Bertz CT molecular complexity index is 448. The van der Waals surface area contributed by atoms with Gasteiger partial charge < -0.3 is 4.74 Å². The third-order valence-corrected chi connectivity index (χ3v) is 2.55. The molecule has 0 aliphatic carbocycles. The molecule has 1 aromatic heterocycles. The van der Waals surface area contributed by atoms with E-state index in [1.54, 1.807) is 12.7 Å². The number of nitrogens with zero attached hydrogens (tertiary/aromatic N) is 3. The van der Waals surface area contributed by atoms with Crippen LogP contribution in [0.1, 0.15) is 25.0 Å². The molecule has 0 radical (unpaired) electrons. The number of hydrogen-bond donors (Lipinski definition) is 0. The molecule has 0 amide bonds. The van der Waals surface area contributed by atoms with E-state index < -0.39 is 0 Å². The standard InChI is InChI=1S/C14H19N3O/c1-12(2)8-18-9-14-5-3-13(4-6-14)7-17-11-15-10-16-17/h3-6,10-12H,7-9H2,1-2H3. The van der Waals surface area contributed by atoms with E-state index in [0.717, 1.165) is 13.2 Å². The summed E-state index contributed by atoms with van der Waals surface area (Å²) in [6.07, 6.45) is 3.27. The van der Waals surface area contributed by atoms with Crippen molar-refractivity contribution in [3.05, 3.63) is 48.0 Å². The second-order valence-electron chi connectivity index (χ2n) is 4.82. The smallest absolute Gasteiger partial charge is 0.137 e. The monoisotopic (exact) mass is 245 g/mol. The molecule has 2 rings (SSSR count). The van der Waals surface area contributed by atoms with E-state index in [0.29, 0.717) is 12.5 Å². The van der Waals surface area contributed by atoms with Gasteiger partial charge in [0.2, 0.25) is 0 Å². The molecular weight excluding hydrogens is 226 g/mol. The molecule has 1 aromatic carbocycles. The molecule has 0 saturated carbocycles. The van der Waals surface area contributed by atoms with Crippen LogP contribution in [0.15, 0.2) is 36.9 Å². The van der Waals surface area contributed by atoms with Crippen LogP contribution >= 0.6 is 0 Å². The van der Waals surface area contributed by atoms with Gasteiger partial charge in [0.1, 0.15) is 12.7 Å². The first kappa shape index (κ1) is 12.8. The third kappa shape index (κ3) is 3.96. The minimum atomic E-state index is 0.580. The highest BCUT2D eigenvalue weighted by Gasteiger charge is 1.98. The Morgan fingerprint density at radius 3 is 2.50 bits per heavy atom. The fraction of sp³-hybridized carbons (Fsp3) is 0.429. The summed E-state index contributed by atoms with van der Waals surface area (Å²) in [7, 11) is 0. The summed E-state index contributed by atoms with van der Waals surface area (Å²) in [5.74, 6) is 0.580. The highest BCUT2D eigenvalue weighted by molar-refractivity contribution is 5.22. The number of ether oxygens (including phenoxy) is 1. The van der Waals surface area contributed by atoms with Crippen molar-refractivity contribution < 1.29 is 4.74 Å². The van der Waals surface area contributed by atoms with Crippen LogP contribution in [0.25, 0.3) is 0 Å². The summed E-state index contributed by atoms with van der Waals surface area (Å²) in [5.41, 5.74) is 2.42. The molecule has 18 heavy (non-hydrogen) atoms. The Kier molecular flexibility index (Phi) is 4.47. The van der Waals surface area contributed by atoms with Crippen LogP contribution in [0.3, 0.4) is 0 Å². The zero-order valence-corrected chi connectivity index (χ0v) is 10.9. The molecule has 0 atom stereocenters. The molecule has 0 fully saturated rings. The van der Waals surface area contributed by atoms with Crippen LogP contribution in [0.4, 0.5) is 0 Å². The fourth-order valence-electron chi connectivity index (χ4n) is 1.65. The van der Waals surface area contributed by atoms with Crippen LogP contribution in [0.5, 0.6) is 0 Å². The Balaban J connectivity index is 1.85. The highest BCUT2D eigenvalue weighted by Crippen LogP contribution is 2.07. The summed E-state index contributed by atoms with van der Waals surface area (Å²) < 4.78 is 7.41. The van der Waals surface area contributed by atoms with Gasteiger partial charge in [0.25, 0.3) is 0 Å². The summed E-state index contributed by atoms with van der Waals surface area (Å²) >= 11 is 0. The van der Waals surface area contributed by atoms with E-state index in [4.69, 9.17) is 4.74 Å². The van der Waals surface area contributed by atoms with E-state index in [1.807, 2.05) is 4.68 Å². The van der Waals surface area contributed by atoms with Gasteiger partial charge in [-0.2, -0.15) is 5.10 Å². The summed E-state index contributed by atoms with van der Waals surface area (Å²) in [5, 5.41) is 4.08. The molecule has 2 aromatic rings. The third-order valence-electron chi connectivity index (χ3n) is 2.55. The van der Waals surface area contributed by atoms with Crippen molar-refractivity contribution in [1.29, 1.82) is 0 Å². The zero-order chi connectivity index (χ0) is 12.8. The largest absolute Gasteiger partial charge is 0.377 e. The first-order valence-corrected chi connectivity index (χ1v) is 6.22. The van der Waals surface area contributed by atoms with Gasteiger partial charge in [0.15, 0.2) is 0 Å². The topological polar surface area (TPSA) is 39.9 Å². The SMILES string of the molecule is CC(C)COCc1ccc(Cn2cncn2)cc1. The predicted octanol–water partition coefficient (Wildman–Crippen LogP) is 2.50. The van der Waals surface area contributed by atoms with E-state index in [-0.39, 0.29) is 0 Å². The molecule has 4 heteroatoms. The van der Waals surface area contributed by atoms with Crippen LogP contribution in [0, 0.1) is 5.92 Å². The molecular formula is C14H19N3O. The number of benzene rings is 1.